The number of nitriles is 2. The Labute approximate surface area is 121 Å². The lowest BCUT2D eigenvalue weighted by molar-refractivity contribution is -0.142. The van der Waals surface area contributed by atoms with Gasteiger partial charge in [0.1, 0.15) is 17.7 Å². The van der Waals surface area contributed by atoms with E-state index in [1.807, 2.05) is 0 Å². The molecule has 0 aliphatic carbocycles. The molecule has 108 valence electrons. The summed E-state index contributed by atoms with van der Waals surface area (Å²) in [4.78, 5) is 11.0. The molecule has 1 aromatic carbocycles. The van der Waals surface area contributed by atoms with Crippen molar-refractivity contribution >= 4 is 11.7 Å². The molecule has 0 aromatic heterocycles. The smallest absolute Gasteiger partial charge is 0.343 e. The molecule has 0 bridgehead atoms. The summed E-state index contributed by atoms with van der Waals surface area (Å²) in [6.45, 7) is -0.230. The first-order valence-corrected chi connectivity index (χ1v) is 5.79. The van der Waals surface area contributed by atoms with Gasteiger partial charge in [-0.25, -0.2) is 4.79 Å². The lowest BCUT2D eigenvalue weighted by atomic mass is 10.2. The number of anilines is 1. The van der Waals surface area contributed by atoms with E-state index in [2.05, 4.69) is 10.1 Å². The van der Waals surface area contributed by atoms with Gasteiger partial charge in [-0.3, -0.25) is 0 Å². The topological polar surface area (TPSA) is 104 Å². The van der Waals surface area contributed by atoms with Crippen molar-refractivity contribution in [1.82, 2.24) is 0 Å². The Balaban J connectivity index is 2.84. The summed E-state index contributed by atoms with van der Waals surface area (Å²) in [6, 6.07) is 8.31. The number of benzene rings is 1. The van der Waals surface area contributed by atoms with Crippen LogP contribution in [0.1, 0.15) is 0 Å². The largest absolute Gasteiger partial charge is 0.493 e. The van der Waals surface area contributed by atoms with Crippen molar-refractivity contribution in [2.24, 2.45) is 0 Å². The number of rotatable bonds is 6. The summed E-state index contributed by atoms with van der Waals surface area (Å²) in [7, 11) is 2.72. The lowest BCUT2D eigenvalue weighted by Gasteiger charge is -2.11. The number of methoxy groups -OCH3 is 2. The van der Waals surface area contributed by atoms with Gasteiger partial charge in [0, 0.05) is 18.0 Å². The highest BCUT2D eigenvalue weighted by molar-refractivity contribution is 5.71. The highest BCUT2D eigenvalue weighted by Gasteiger charge is 2.08. The van der Waals surface area contributed by atoms with Gasteiger partial charge >= 0.3 is 5.97 Å². The van der Waals surface area contributed by atoms with E-state index in [0.717, 1.165) is 0 Å². The van der Waals surface area contributed by atoms with E-state index >= 15 is 0 Å². The van der Waals surface area contributed by atoms with Crippen molar-refractivity contribution in [1.29, 1.82) is 10.5 Å². The van der Waals surface area contributed by atoms with Gasteiger partial charge in [0.25, 0.3) is 0 Å². The van der Waals surface area contributed by atoms with E-state index < -0.39 is 5.97 Å². The molecule has 1 rings (SSSR count). The maximum Gasteiger partial charge on any atom is 0.343 e. The van der Waals surface area contributed by atoms with Gasteiger partial charge in [-0.15, -0.1) is 0 Å². The molecule has 0 spiro atoms. The van der Waals surface area contributed by atoms with Crippen LogP contribution in [0.25, 0.3) is 0 Å². The van der Waals surface area contributed by atoms with Gasteiger partial charge in [0.2, 0.25) is 0 Å². The number of ether oxygens (including phenoxy) is 3. The second kappa shape index (κ2) is 8.08. The van der Waals surface area contributed by atoms with Crippen molar-refractivity contribution in [3.8, 4) is 23.6 Å². The molecule has 0 amide bonds. The third-order valence-electron chi connectivity index (χ3n) is 2.36. The van der Waals surface area contributed by atoms with Gasteiger partial charge in [0.15, 0.2) is 18.1 Å². The number of hydrogen-bond acceptors (Lipinski definition) is 7. The van der Waals surface area contributed by atoms with Crippen LogP contribution in [-0.4, -0.2) is 26.8 Å². The van der Waals surface area contributed by atoms with E-state index in [9.17, 15) is 4.79 Å². The zero-order chi connectivity index (χ0) is 15.7. The van der Waals surface area contributed by atoms with Crippen LogP contribution in [-0.2, 0) is 9.53 Å². The molecular weight excluding hydrogens is 274 g/mol. The number of nitrogens with one attached hydrogen (secondary N) is 1. The first kappa shape index (κ1) is 15.9. The van der Waals surface area contributed by atoms with Crippen molar-refractivity contribution in [2.45, 2.75) is 0 Å². The number of carbonyl (C=O) groups excluding carboxylic acids is 1. The van der Waals surface area contributed by atoms with Gasteiger partial charge in [0.05, 0.1) is 14.2 Å². The van der Waals surface area contributed by atoms with Gasteiger partial charge in [-0.2, -0.15) is 10.5 Å². The van der Waals surface area contributed by atoms with E-state index in [4.69, 9.17) is 20.0 Å². The maximum atomic E-state index is 11.0. The summed E-state index contributed by atoms with van der Waals surface area (Å²) in [5.74, 6) is 0.265. The monoisotopic (exact) mass is 287 g/mol. The average molecular weight is 287 g/mol. The van der Waals surface area contributed by atoms with Gasteiger partial charge in [-0.1, -0.05) is 0 Å². The summed E-state index contributed by atoms with van der Waals surface area (Å²) >= 11 is 0. The Morgan fingerprint density at radius 3 is 2.57 bits per heavy atom. The van der Waals surface area contributed by atoms with Gasteiger partial charge < -0.3 is 19.5 Å². The third-order valence-corrected chi connectivity index (χ3v) is 2.36. The van der Waals surface area contributed by atoms with Crippen LogP contribution in [0, 0.1) is 22.7 Å². The summed E-state index contributed by atoms with van der Waals surface area (Å²) in [6.07, 6.45) is 1.28. The van der Waals surface area contributed by atoms with E-state index in [1.54, 1.807) is 30.3 Å². The average Bonchev–Trinajstić information content (AvgIpc) is 2.53. The first-order valence-electron chi connectivity index (χ1n) is 5.79. The zero-order valence-corrected chi connectivity index (χ0v) is 11.5. The minimum absolute atomic E-state index is 0.0556. The van der Waals surface area contributed by atoms with Crippen molar-refractivity contribution in [2.75, 3.05) is 26.1 Å². The molecule has 21 heavy (non-hydrogen) atoms. The molecule has 1 N–H and O–H groups in total. The standard InChI is InChI=1S/C14H13N3O4/c1-19-13-5-11(17-8-10(6-15)7-16)3-4-12(13)21-9-14(18)20-2/h3-5,8,17H,9H2,1-2H3. The fraction of sp³-hybridized carbons (Fsp3) is 0.214. The predicted octanol–water partition coefficient (Wildman–Crippen LogP) is 1.59. The normalized spacial score (nSPS) is 8.76. The summed E-state index contributed by atoms with van der Waals surface area (Å²) < 4.78 is 14.9. The maximum absolute atomic E-state index is 11.0. The predicted molar refractivity (Wildman–Crippen MR) is 73.4 cm³/mol. The first-order chi connectivity index (χ1) is 10.1. The minimum Gasteiger partial charge on any atom is -0.493 e. The fourth-order valence-corrected chi connectivity index (χ4v) is 1.32. The van der Waals surface area contributed by atoms with Crippen molar-refractivity contribution in [3.05, 3.63) is 30.0 Å². The number of hydrogen-bond donors (Lipinski definition) is 1. The van der Waals surface area contributed by atoms with E-state index in [1.165, 1.54) is 20.4 Å². The molecule has 0 saturated heterocycles. The quantitative estimate of drug-likeness (QED) is 0.625. The SMILES string of the molecule is COC(=O)COc1ccc(NC=C(C#N)C#N)cc1OC. The van der Waals surface area contributed by atoms with E-state index in [0.29, 0.717) is 17.2 Å². The van der Waals surface area contributed by atoms with Crippen molar-refractivity contribution in [3.63, 3.8) is 0 Å². The highest BCUT2D eigenvalue weighted by atomic mass is 16.6. The molecule has 7 heteroatoms. The molecule has 0 aliphatic heterocycles. The fourth-order valence-electron chi connectivity index (χ4n) is 1.32. The van der Waals surface area contributed by atoms with Gasteiger partial charge in [-0.05, 0) is 12.1 Å². The molecular formula is C14H13N3O4. The van der Waals surface area contributed by atoms with Crippen LogP contribution in [0.4, 0.5) is 5.69 Å². The molecule has 1 aromatic rings. The molecule has 0 fully saturated rings. The summed E-state index contributed by atoms with van der Waals surface area (Å²) in [5, 5.41) is 20.0. The second-order valence-corrected chi connectivity index (χ2v) is 3.66. The van der Waals surface area contributed by atoms with Crippen LogP contribution in [0.15, 0.2) is 30.0 Å². The number of esters is 1. The molecule has 7 nitrogen and oxygen atoms in total. The summed E-state index contributed by atoms with van der Waals surface area (Å²) in [5.41, 5.74) is 0.542. The van der Waals surface area contributed by atoms with Crippen LogP contribution >= 0.6 is 0 Å². The molecule has 0 unspecified atom stereocenters. The molecule has 0 radical (unpaired) electrons. The Kier molecular flexibility index (Phi) is 6.10. The Bertz CT molecular complexity index is 610. The molecule has 0 heterocycles. The Morgan fingerprint density at radius 1 is 1.29 bits per heavy atom. The van der Waals surface area contributed by atoms with Crippen LogP contribution in [0.5, 0.6) is 11.5 Å². The molecule has 0 saturated carbocycles. The Morgan fingerprint density at radius 2 is 2.00 bits per heavy atom. The van der Waals surface area contributed by atoms with Crippen LogP contribution in [0.2, 0.25) is 0 Å². The second-order valence-electron chi connectivity index (χ2n) is 3.66. The van der Waals surface area contributed by atoms with Crippen molar-refractivity contribution < 1.29 is 19.0 Å². The van der Waals surface area contributed by atoms with Crippen LogP contribution in [0.3, 0.4) is 0 Å². The zero-order valence-electron chi connectivity index (χ0n) is 11.5. The minimum atomic E-state index is -0.505. The lowest BCUT2D eigenvalue weighted by Crippen LogP contribution is -2.13. The third kappa shape index (κ3) is 4.77. The molecule has 0 atom stereocenters. The number of nitrogens with zero attached hydrogens (tertiary/aromatic N) is 2. The number of carbonyl (C=O) groups is 1. The Hall–Kier alpha value is -3.19. The highest BCUT2D eigenvalue weighted by Crippen LogP contribution is 2.30. The molecule has 0 aliphatic rings. The van der Waals surface area contributed by atoms with E-state index in [-0.39, 0.29) is 12.2 Å². The number of allylic oxidation sites excluding steroid dienone is 1. The van der Waals surface area contributed by atoms with Crippen LogP contribution < -0.4 is 14.8 Å².